The monoisotopic (exact) mass is 301 g/mol. The molecule has 19 heavy (non-hydrogen) atoms. The smallest absolute Gasteiger partial charge is 0.258 e. The molecule has 0 unspecified atom stereocenters. The van der Waals surface area contributed by atoms with Gasteiger partial charge < -0.3 is 5.32 Å². The van der Waals surface area contributed by atoms with E-state index >= 15 is 0 Å². The highest BCUT2D eigenvalue weighted by atomic mass is 35.5. The average Bonchev–Trinajstić information content (AvgIpc) is 2.33. The Bertz CT molecular complexity index is 647. The minimum atomic E-state index is -0.933. The molecule has 0 atom stereocenters. The summed E-state index contributed by atoms with van der Waals surface area (Å²) in [5.74, 6) is -2.38. The molecule has 0 saturated carbocycles. The van der Waals surface area contributed by atoms with Gasteiger partial charge in [-0.15, -0.1) is 0 Å². The number of hydrogen-bond donors (Lipinski definition) is 1. The Morgan fingerprint density at radius 2 is 1.74 bits per heavy atom. The Balaban J connectivity index is 2.23. The van der Waals surface area contributed by atoms with Crippen molar-refractivity contribution in [2.75, 3.05) is 5.32 Å². The van der Waals surface area contributed by atoms with Crippen molar-refractivity contribution in [2.45, 2.75) is 0 Å². The summed E-state index contributed by atoms with van der Waals surface area (Å²) in [6.07, 6.45) is 0. The second-order valence-electron chi connectivity index (χ2n) is 3.71. The lowest BCUT2D eigenvalue weighted by atomic mass is 10.2. The van der Waals surface area contributed by atoms with Gasteiger partial charge in [0.1, 0.15) is 11.6 Å². The van der Waals surface area contributed by atoms with Crippen LogP contribution in [0.4, 0.5) is 14.5 Å². The highest BCUT2D eigenvalue weighted by Gasteiger charge is 2.13. The van der Waals surface area contributed by atoms with E-state index in [2.05, 4.69) is 5.32 Å². The second kappa shape index (κ2) is 5.55. The number of anilines is 1. The van der Waals surface area contributed by atoms with Crippen LogP contribution in [0, 0.1) is 11.6 Å². The number of hydrogen-bond acceptors (Lipinski definition) is 1. The molecule has 0 aliphatic carbocycles. The van der Waals surface area contributed by atoms with Crippen LogP contribution in [0.1, 0.15) is 10.4 Å². The van der Waals surface area contributed by atoms with Crippen LogP contribution >= 0.6 is 23.2 Å². The molecule has 0 aliphatic heterocycles. The number of amides is 1. The lowest BCUT2D eigenvalue weighted by molar-refractivity contribution is 0.102. The first kappa shape index (κ1) is 13.8. The zero-order valence-electron chi connectivity index (χ0n) is 9.38. The predicted octanol–water partition coefficient (Wildman–Crippen LogP) is 4.52. The van der Waals surface area contributed by atoms with Gasteiger partial charge in [0.25, 0.3) is 5.91 Å². The van der Waals surface area contributed by atoms with E-state index in [1.165, 1.54) is 18.2 Å². The number of nitrogens with one attached hydrogen (secondary N) is 1. The van der Waals surface area contributed by atoms with Crippen molar-refractivity contribution in [1.82, 2.24) is 0 Å². The molecule has 0 aromatic heterocycles. The molecule has 6 heteroatoms. The number of carbonyl (C=O) groups excluding carboxylic acids is 1. The standard InChI is InChI=1S/C13H7Cl2F2NO/c14-10-4-2-8(6-11(10)15)18-13(19)9-3-1-7(16)5-12(9)17/h1-6H,(H,18,19). The molecule has 0 bridgehead atoms. The zero-order valence-corrected chi connectivity index (χ0v) is 10.9. The molecule has 0 saturated heterocycles. The molecular formula is C13H7Cl2F2NO. The third kappa shape index (κ3) is 3.22. The minimum Gasteiger partial charge on any atom is -0.322 e. The van der Waals surface area contributed by atoms with Gasteiger partial charge in [-0.2, -0.15) is 0 Å². The molecule has 0 aliphatic rings. The molecule has 0 heterocycles. The van der Waals surface area contributed by atoms with E-state index in [0.717, 1.165) is 12.1 Å². The van der Waals surface area contributed by atoms with Gasteiger partial charge in [0.05, 0.1) is 15.6 Å². The van der Waals surface area contributed by atoms with E-state index < -0.39 is 17.5 Å². The van der Waals surface area contributed by atoms with Gasteiger partial charge in [0, 0.05) is 11.8 Å². The number of rotatable bonds is 2. The zero-order chi connectivity index (χ0) is 14.0. The van der Waals surface area contributed by atoms with Gasteiger partial charge in [0.15, 0.2) is 0 Å². The molecule has 2 aromatic rings. The summed E-state index contributed by atoms with van der Waals surface area (Å²) < 4.78 is 26.1. The van der Waals surface area contributed by atoms with Gasteiger partial charge in [-0.1, -0.05) is 23.2 Å². The maximum absolute atomic E-state index is 13.4. The van der Waals surface area contributed by atoms with E-state index in [1.807, 2.05) is 0 Å². The van der Waals surface area contributed by atoms with Crippen molar-refractivity contribution in [3.63, 3.8) is 0 Å². The molecule has 2 nitrogen and oxygen atoms in total. The summed E-state index contributed by atoms with van der Waals surface area (Å²) in [5.41, 5.74) is 0.107. The third-order valence-corrected chi connectivity index (χ3v) is 3.09. The molecule has 2 rings (SSSR count). The first-order valence-corrected chi connectivity index (χ1v) is 5.94. The van der Waals surface area contributed by atoms with Gasteiger partial charge in [-0.05, 0) is 30.3 Å². The predicted molar refractivity (Wildman–Crippen MR) is 70.8 cm³/mol. The van der Waals surface area contributed by atoms with Gasteiger partial charge in [-0.3, -0.25) is 4.79 Å². The lowest BCUT2D eigenvalue weighted by Gasteiger charge is -2.07. The Labute approximate surface area is 118 Å². The quantitative estimate of drug-likeness (QED) is 0.868. The van der Waals surface area contributed by atoms with Crippen LogP contribution in [0.5, 0.6) is 0 Å². The maximum Gasteiger partial charge on any atom is 0.258 e. The largest absolute Gasteiger partial charge is 0.322 e. The van der Waals surface area contributed by atoms with Crippen molar-refractivity contribution in [3.8, 4) is 0 Å². The topological polar surface area (TPSA) is 29.1 Å². The fourth-order valence-corrected chi connectivity index (χ4v) is 1.74. The Kier molecular flexibility index (Phi) is 4.02. The first-order valence-electron chi connectivity index (χ1n) is 5.19. The van der Waals surface area contributed by atoms with Crippen LogP contribution in [-0.4, -0.2) is 5.91 Å². The molecule has 2 aromatic carbocycles. The molecule has 98 valence electrons. The fraction of sp³-hybridized carbons (Fsp3) is 0. The highest BCUT2D eigenvalue weighted by molar-refractivity contribution is 6.42. The Morgan fingerprint density at radius 3 is 2.37 bits per heavy atom. The van der Waals surface area contributed by atoms with Gasteiger partial charge in [0.2, 0.25) is 0 Å². The van der Waals surface area contributed by atoms with E-state index in [-0.39, 0.29) is 10.6 Å². The average molecular weight is 302 g/mol. The fourth-order valence-electron chi connectivity index (χ4n) is 1.45. The van der Waals surface area contributed by atoms with Gasteiger partial charge in [-0.25, -0.2) is 8.78 Å². The third-order valence-electron chi connectivity index (χ3n) is 2.35. The number of halogens is 4. The summed E-state index contributed by atoms with van der Waals surface area (Å²) in [5, 5.41) is 3.05. The van der Waals surface area contributed by atoms with Crippen molar-refractivity contribution >= 4 is 34.8 Å². The summed E-state index contributed by atoms with van der Waals surface area (Å²) in [4.78, 5) is 11.8. The maximum atomic E-state index is 13.4. The minimum absolute atomic E-state index is 0.257. The molecule has 0 radical (unpaired) electrons. The molecular weight excluding hydrogens is 295 g/mol. The van der Waals surface area contributed by atoms with Crippen LogP contribution < -0.4 is 5.32 Å². The molecule has 1 amide bonds. The van der Waals surface area contributed by atoms with E-state index in [4.69, 9.17) is 23.2 Å². The van der Waals surface area contributed by atoms with E-state index in [0.29, 0.717) is 16.8 Å². The first-order chi connectivity index (χ1) is 8.97. The second-order valence-corrected chi connectivity index (χ2v) is 4.52. The van der Waals surface area contributed by atoms with Crippen molar-refractivity contribution in [1.29, 1.82) is 0 Å². The Hall–Kier alpha value is -1.65. The van der Waals surface area contributed by atoms with Crippen LogP contribution in [0.2, 0.25) is 10.0 Å². The van der Waals surface area contributed by atoms with Gasteiger partial charge >= 0.3 is 0 Å². The Morgan fingerprint density at radius 1 is 1.00 bits per heavy atom. The lowest BCUT2D eigenvalue weighted by Crippen LogP contribution is -2.13. The van der Waals surface area contributed by atoms with Crippen LogP contribution in [0.3, 0.4) is 0 Å². The summed E-state index contributed by atoms with van der Waals surface area (Å²) >= 11 is 11.5. The van der Waals surface area contributed by atoms with Crippen molar-refractivity contribution in [2.24, 2.45) is 0 Å². The number of carbonyl (C=O) groups is 1. The summed E-state index contributed by atoms with van der Waals surface area (Å²) in [6, 6.07) is 7.17. The van der Waals surface area contributed by atoms with Crippen LogP contribution in [0.15, 0.2) is 36.4 Å². The SMILES string of the molecule is O=C(Nc1ccc(Cl)c(Cl)c1)c1ccc(F)cc1F. The summed E-state index contributed by atoms with van der Waals surface area (Å²) in [7, 11) is 0. The number of benzene rings is 2. The summed E-state index contributed by atoms with van der Waals surface area (Å²) in [6.45, 7) is 0. The normalized spacial score (nSPS) is 10.3. The van der Waals surface area contributed by atoms with E-state index in [1.54, 1.807) is 0 Å². The van der Waals surface area contributed by atoms with E-state index in [9.17, 15) is 13.6 Å². The van der Waals surface area contributed by atoms with Crippen LogP contribution in [-0.2, 0) is 0 Å². The highest BCUT2D eigenvalue weighted by Crippen LogP contribution is 2.25. The van der Waals surface area contributed by atoms with Crippen molar-refractivity contribution in [3.05, 3.63) is 63.6 Å². The van der Waals surface area contributed by atoms with Crippen LogP contribution in [0.25, 0.3) is 0 Å². The molecule has 0 spiro atoms. The molecule has 0 fully saturated rings. The molecule has 1 N–H and O–H groups in total. The van der Waals surface area contributed by atoms with Crippen molar-refractivity contribution < 1.29 is 13.6 Å².